The number of carbonyl (C=O) groups is 2. The number of nitrogens with one attached hydrogen (secondary N) is 1. The molecule has 1 aliphatic heterocycles. The maximum atomic E-state index is 13.6. The molecule has 32 heavy (non-hydrogen) atoms. The normalized spacial score (nSPS) is 16.4. The van der Waals surface area contributed by atoms with Crippen molar-refractivity contribution in [3.63, 3.8) is 0 Å². The maximum absolute atomic E-state index is 13.6. The molecule has 0 aromatic heterocycles. The summed E-state index contributed by atoms with van der Waals surface area (Å²) in [6.07, 6.45) is 0. The number of rotatable bonds is 6. The average molecular weight is 465 g/mol. The summed E-state index contributed by atoms with van der Waals surface area (Å²) in [4.78, 5) is 29.3. The number of hydrogen-bond acceptors (Lipinski definition) is 3. The lowest BCUT2D eigenvalue weighted by Crippen LogP contribution is -2.47. The molecule has 164 valence electrons. The molecule has 0 saturated heterocycles. The van der Waals surface area contributed by atoms with Crippen molar-refractivity contribution in [3.8, 4) is 0 Å². The van der Waals surface area contributed by atoms with Crippen molar-refractivity contribution in [1.29, 1.82) is 0 Å². The van der Waals surface area contributed by atoms with Gasteiger partial charge in [-0.2, -0.15) is 0 Å². The Morgan fingerprint density at radius 3 is 2.50 bits per heavy atom. The van der Waals surface area contributed by atoms with E-state index < -0.39 is 11.2 Å². The number of nitrogens with zero attached hydrogens (tertiary/aromatic N) is 1. The molecule has 0 radical (unpaired) electrons. The van der Waals surface area contributed by atoms with Crippen molar-refractivity contribution in [2.24, 2.45) is 5.92 Å². The summed E-state index contributed by atoms with van der Waals surface area (Å²) in [7, 11) is 0. The number of thioether (sulfide) groups is 1. The lowest BCUT2D eigenvalue weighted by Gasteiger charge is -2.36. The van der Waals surface area contributed by atoms with Crippen LogP contribution in [0.3, 0.4) is 0 Å². The predicted molar refractivity (Wildman–Crippen MR) is 131 cm³/mol. The van der Waals surface area contributed by atoms with Gasteiger partial charge in [0.25, 0.3) is 0 Å². The van der Waals surface area contributed by atoms with Gasteiger partial charge < -0.3 is 10.2 Å². The fourth-order valence-corrected chi connectivity index (χ4v) is 5.18. The van der Waals surface area contributed by atoms with E-state index in [2.05, 4.69) is 18.3 Å². The molecule has 4 nitrogen and oxygen atoms in total. The molecule has 0 bridgehead atoms. The van der Waals surface area contributed by atoms with Gasteiger partial charge in [-0.05, 0) is 47.9 Å². The van der Waals surface area contributed by atoms with E-state index in [1.807, 2.05) is 66.4 Å². The summed E-state index contributed by atoms with van der Waals surface area (Å²) < 4.78 is 0. The Labute approximate surface area is 198 Å². The molecule has 0 spiro atoms. The van der Waals surface area contributed by atoms with E-state index in [1.165, 1.54) is 11.8 Å². The molecule has 1 aliphatic rings. The Morgan fingerprint density at radius 1 is 1.06 bits per heavy atom. The van der Waals surface area contributed by atoms with Crippen molar-refractivity contribution in [2.75, 3.05) is 4.90 Å². The fraction of sp³-hybridized carbons (Fsp3) is 0.231. The van der Waals surface area contributed by atoms with Crippen molar-refractivity contribution in [2.45, 2.75) is 37.1 Å². The van der Waals surface area contributed by atoms with Crippen molar-refractivity contribution in [3.05, 3.63) is 94.5 Å². The van der Waals surface area contributed by atoms with Crippen molar-refractivity contribution < 1.29 is 9.59 Å². The van der Waals surface area contributed by atoms with E-state index in [-0.39, 0.29) is 11.8 Å². The van der Waals surface area contributed by atoms with Gasteiger partial charge >= 0.3 is 0 Å². The molecular formula is C26H25ClN2O2S. The summed E-state index contributed by atoms with van der Waals surface area (Å²) in [5.74, 6) is -0.653. The summed E-state index contributed by atoms with van der Waals surface area (Å²) >= 11 is 7.41. The third-order valence-corrected chi connectivity index (χ3v) is 7.47. The minimum atomic E-state index is -0.487. The number of hydrogen-bond donors (Lipinski definition) is 1. The third-order valence-electron chi connectivity index (χ3n) is 5.76. The molecule has 0 fully saturated rings. The van der Waals surface area contributed by atoms with E-state index in [0.29, 0.717) is 18.1 Å². The summed E-state index contributed by atoms with van der Waals surface area (Å²) in [5, 5.41) is 3.14. The summed E-state index contributed by atoms with van der Waals surface area (Å²) in [6, 6.07) is 23.3. The maximum Gasteiger partial charge on any atom is 0.241 e. The van der Waals surface area contributed by atoms with Crippen LogP contribution in [0.1, 0.15) is 23.6 Å². The SMILES string of the molecule is Cc1ccccc1CN1C(=O)C(C(C)C(=O)NCc2ccc(Cl)cc2)Sc2ccccc21. The van der Waals surface area contributed by atoms with Gasteiger partial charge in [-0.3, -0.25) is 9.59 Å². The average Bonchev–Trinajstić information content (AvgIpc) is 2.81. The van der Waals surface area contributed by atoms with Crippen LogP contribution < -0.4 is 10.2 Å². The van der Waals surface area contributed by atoms with Crippen LogP contribution in [0.4, 0.5) is 5.69 Å². The first-order valence-electron chi connectivity index (χ1n) is 10.6. The Kier molecular flexibility index (Phi) is 6.87. The van der Waals surface area contributed by atoms with Gasteiger partial charge in [-0.1, -0.05) is 67.1 Å². The second kappa shape index (κ2) is 9.80. The highest BCUT2D eigenvalue weighted by Crippen LogP contribution is 2.42. The van der Waals surface area contributed by atoms with Gasteiger partial charge in [0.15, 0.2) is 0 Å². The Bertz CT molecular complexity index is 1130. The van der Waals surface area contributed by atoms with E-state index in [4.69, 9.17) is 11.6 Å². The first-order chi connectivity index (χ1) is 15.4. The zero-order valence-electron chi connectivity index (χ0n) is 18.0. The Hall–Kier alpha value is -2.76. The molecule has 1 N–H and O–H groups in total. The predicted octanol–water partition coefficient (Wildman–Crippen LogP) is 5.61. The molecule has 3 aromatic carbocycles. The lowest BCUT2D eigenvalue weighted by atomic mass is 10.0. The minimum Gasteiger partial charge on any atom is -0.352 e. The van der Waals surface area contributed by atoms with Crippen molar-refractivity contribution in [1.82, 2.24) is 5.32 Å². The number of aryl methyl sites for hydroxylation is 1. The molecule has 1 heterocycles. The molecule has 0 aliphatic carbocycles. The fourth-order valence-electron chi connectivity index (χ4n) is 3.77. The molecule has 2 amide bonds. The van der Waals surface area contributed by atoms with Crippen LogP contribution >= 0.6 is 23.4 Å². The molecule has 0 saturated carbocycles. The number of anilines is 1. The van der Waals surface area contributed by atoms with Gasteiger partial charge in [-0.25, -0.2) is 0 Å². The minimum absolute atomic E-state index is 0.0360. The van der Waals surface area contributed by atoms with E-state index in [9.17, 15) is 9.59 Å². The second-order valence-corrected chi connectivity index (χ2v) is 9.61. The number of amides is 2. The van der Waals surface area contributed by atoms with Crippen LogP contribution in [0.2, 0.25) is 5.02 Å². The zero-order valence-corrected chi connectivity index (χ0v) is 19.6. The quantitative estimate of drug-likeness (QED) is 0.516. The highest BCUT2D eigenvalue weighted by Gasteiger charge is 2.39. The number of benzene rings is 3. The first-order valence-corrected chi connectivity index (χ1v) is 11.8. The Balaban J connectivity index is 1.53. The smallest absolute Gasteiger partial charge is 0.241 e. The number of carbonyl (C=O) groups excluding carboxylic acids is 2. The number of halogens is 1. The van der Waals surface area contributed by atoms with Crippen LogP contribution in [0.5, 0.6) is 0 Å². The standard InChI is InChI=1S/C26H25ClN2O2S/c1-17-7-3-4-8-20(17)16-29-22-9-5-6-10-23(22)32-24(26(29)31)18(2)25(30)28-15-19-11-13-21(27)14-12-19/h3-14,18,24H,15-16H2,1-2H3,(H,28,30). The number of fused-ring (bicyclic) bond motifs is 1. The molecular weight excluding hydrogens is 440 g/mol. The van der Waals surface area contributed by atoms with Crippen LogP contribution in [0.15, 0.2) is 77.7 Å². The monoisotopic (exact) mass is 464 g/mol. The molecule has 2 atom stereocenters. The van der Waals surface area contributed by atoms with Crippen molar-refractivity contribution >= 4 is 40.9 Å². The van der Waals surface area contributed by atoms with Gasteiger partial charge in [0.05, 0.1) is 18.2 Å². The molecule has 3 aromatic rings. The highest BCUT2D eigenvalue weighted by atomic mass is 35.5. The summed E-state index contributed by atoms with van der Waals surface area (Å²) in [5.41, 5.74) is 4.10. The van der Waals surface area contributed by atoms with E-state index >= 15 is 0 Å². The second-order valence-electron chi connectivity index (χ2n) is 7.99. The number of para-hydroxylation sites is 1. The first kappa shape index (κ1) is 22.4. The van der Waals surface area contributed by atoms with Crippen LogP contribution in [0.25, 0.3) is 0 Å². The molecule has 4 rings (SSSR count). The van der Waals surface area contributed by atoms with Crippen LogP contribution in [0, 0.1) is 12.8 Å². The molecule has 6 heteroatoms. The van der Waals surface area contributed by atoms with Gasteiger partial charge in [0.1, 0.15) is 5.25 Å². The zero-order chi connectivity index (χ0) is 22.7. The van der Waals surface area contributed by atoms with Gasteiger partial charge in [-0.15, -0.1) is 11.8 Å². The topological polar surface area (TPSA) is 49.4 Å². The van der Waals surface area contributed by atoms with E-state index in [0.717, 1.165) is 27.3 Å². The van der Waals surface area contributed by atoms with Gasteiger partial charge in [0, 0.05) is 16.5 Å². The lowest BCUT2D eigenvalue weighted by molar-refractivity contribution is -0.128. The van der Waals surface area contributed by atoms with Crippen LogP contribution in [-0.2, 0) is 22.7 Å². The third kappa shape index (κ3) is 4.84. The molecule has 2 unspecified atom stereocenters. The van der Waals surface area contributed by atoms with E-state index in [1.54, 1.807) is 12.1 Å². The highest BCUT2D eigenvalue weighted by molar-refractivity contribution is 8.01. The largest absolute Gasteiger partial charge is 0.352 e. The Morgan fingerprint density at radius 2 is 1.75 bits per heavy atom. The summed E-state index contributed by atoms with van der Waals surface area (Å²) in [6.45, 7) is 4.76. The van der Waals surface area contributed by atoms with Crippen LogP contribution in [-0.4, -0.2) is 17.1 Å². The van der Waals surface area contributed by atoms with Gasteiger partial charge in [0.2, 0.25) is 11.8 Å².